The second-order valence-electron chi connectivity index (χ2n) is 13.8. The Morgan fingerprint density at radius 2 is 1.69 bits per heavy atom. The molecule has 1 aromatic carbocycles. The molecule has 2 fully saturated rings. The fraction of sp³-hybridized carbons (Fsp3) is 0.606. The third kappa shape index (κ3) is 8.75. The van der Waals surface area contributed by atoms with Crippen LogP contribution in [0.2, 0.25) is 0 Å². The van der Waals surface area contributed by atoms with E-state index >= 15 is 0 Å². The normalized spacial score (nSPS) is 17.9. The summed E-state index contributed by atoms with van der Waals surface area (Å²) in [6, 6.07) is 9.12. The lowest BCUT2D eigenvalue weighted by atomic mass is 9.77. The maximum atomic E-state index is 11.0. The third-order valence-corrected chi connectivity index (χ3v) is 8.85. The minimum atomic E-state index is -0.763. The Morgan fingerprint density at radius 1 is 0.976 bits per heavy atom. The molecule has 0 bridgehead atoms. The molecule has 2 N–H and O–H groups in total. The van der Waals surface area contributed by atoms with Gasteiger partial charge in [0.1, 0.15) is 11.6 Å². The highest BCUT2D eigenvalue weighted by atomic mass is 16.4. The highest BCUT2D eigenvalue weighted by molar-refractivity contribution is 5.66. The van der Waals surface area contributed by atoms with Crippen LogP contribution >= 0.6 is 0 Å². The number of aromatic nitrogens is 4. The summed E-state index contributed by atoms with van der Waals surface area (Å²) < 4.78 is 2.07. The summed E-state index contributed by atoms with van der Waals surface area (Å²) in [5, 5.41) is 9.01. The molecule has 9 nitrogen and oxygen atoms in total. The second kappa shape index (κ2) is 13.5. The van der Waals surface area contributed by atoms with Crippen LogP contribution in [0.1, 0.15) is 75.7 Å². The van der Waals surface area contributed by atoms with Crippen molar-refractivity contribution in [3.05, 3.63) is 71.8 Å². The Bertz CT molecular complexity index is 1250. The summed E-state index contributed by atoms with van der Waals surface area (Å²) in [5.74, 6) is 1.10. The number of carboxylic acid groups (broad SMARTS) is 1. The van der Waals surface area contributed by atoms with Gasteiger partial charge in [0, 0.05) is 63.9 Å². The van der Waals surface area contributed by atoms with Gasteiger partial charge in [-0.2, -0.15) is 0 Å². The van der Waals surface area contributed by atoms with Crippen LogP contribution in [0, 0.1) is 10.8 Å². The molecule has 0 unspecified atom stereocenters. The molecule has 9 heteroatoms. The zero-order valence-electron chi connectivity index (χ0n) is 25.8. The van der Waals surface area contributed by atoms with Gasteiger partial charge in [0.15, 0.2) is 0 Å². The van der Waals surface area contributed by atoms with E-state index in [1.54, 1.807) is 12.4 Å². The predicted octanol–water partition coefficient (Wildman–Crippen LogP) is 5.01. The fourth-order valence-electron chi connectivity index (χ4n) is 6.75. The number of aryl methyl sites for hydroxylation is 1. The first-order chi connectivity index (χ1) is 20.1. The van der Waals surface area contributed by atoms with Crippen LogP contribution in [0.15, 0.2) is 49.1 Å². The van der Waals surface area contributed by atoms with Crippen LogP contribution in [-0.2, 0) is 37.5 Å². The summed E-state index contributed by atoms with van der Waals surface area (Å²) in [6.45, 7) is 17.0. The molecule has 0 atom stereocenters. The topological polar surface area (TPSA) is 93.5 Å². The lowest BCUT2D eigenvalue weighted by Gasteiger charge is -2.41. The van der Waals surface area contributed by atoms with E-state index in [0.29, 0.717) is 36.9 Å². The number of hydrogen-bond donors (Lipinski definition) is 2. The zero-order chi connectivity index (χ0) is 29.6. The van der Waals surface area contributed by atoms with Gasteiger partial charge in [-0.25, -0.2) is 9.97 Å². The molecule has 5 rings (SSSR count). The molecule has 228 valence electrons. The quantitative estimate of drug-likeness (QED) is 0.296. The summed E-state index contributed by atoms with van der Waals surface area (Å²) in [7, 11) is 0. The average molecular weight is 576 g/mol. The van der Waals surface area contributed by atoms with Crippen molar-refractivity contribution < 1.29 is 9.90 Å². The number of likely N-dealkylation sites (tertiary alicyclic amines) is 2. The molecule has 0 radical (unpaired) electrons. The summed E-state index contributed by atoms with van der Waals surface area (Å²) in [5.41, 5.74) is 3.53. The molecule has 3 aromatic rings. The van der Waals surface area contributed by atoms with Crippen molar-refractivity contribution in [2.45, 2.75) is 85.6 Å². The van der Waals surface area contributed by atoms with Crippen molar-refractivity contribution in [3.63, 3.8) is 0 Å². The number of hydrogen-bond acceptors (Lipinski definition) is 6. The van der Waals surface area contributed by atoms with Crippen molar-refractivity contribution in [3.8, 4) is 0 Å². The molecule has 0 amide bonds. The monoisotopic (exact) mass is 575 g/mol. The van der Waals surface area contributed by atoms with E-state index in [4.69, 9.17) is 5.11 Å². The van der Waals surface area contributed by atoms with E-state index in [9.17, 15) is 4.79 Å². The van der Waals surface area contributed by atoms with Crippen LogP contribution in [0.25, 0.3) is 0 Å². The Labute approximate surface area is 251 Å². The minimum Gasteiger partial charge on any atom is -0.481 e. The molecule has 4 heterocycles. The van der Waals surface area contributed by atoms with Crippen molar-refractivity contribution in [2.24, 2.45) is 10.8 Å². The molecule has 2 saturated heterocycles. The Balaban J connectivity index is 1.15. The maximum Gasteiger partial charge on any atom is 0.303 e. The van der Waals surface area contributed by atoms with Gasteiger partial charge in [-0.3, -0.25) is 14.6 Å². The van der Waals surface area contributed by atoms with Gasteiger partial charge in [0.05, 0.1) is 13.1 Å². The molecular weight excluding hydrogens is 526 g/mol. The highest BCUT2D eigenvalue weighted by Gasteiger charge is 2.40. The van der Waals surface area contributed by atoms with Gasteiger partial charge < -0.3 is 19.6 Å². The number of imidazole rings is 2. The number of aromatic amines is 1. The number of piperidine rings is 1. The first kappa shape index (κ1) is 30.4. The second-order valence-corrected chi connectivity index (χ2v) is 13.8. The van der Waals surface area contributed by atoms with Crippen LogP contribution < -0.4 is 0 Å². The van der Waals surface area contributed by atoms with Gasteiger partial charge in [0.2, 0.25) is 0 Å². The number of H-pyrrole nitrogens is 1. The zero-order valence-corrected chi connectivity index (χ0v) is 25.8. The number of carbonyl (C=O) groups is 1. The third-order valence-electron chi connectivity index (χ3n) is 8.85. The van der Waals surface area contributed by atoms with E-state index in [2.05, 4.69) is 79.3 Å². The SMILES string of the molecule is CC(C)(C)CN1CCC2(CC1)CCN(Cc1ccc(CN(Cc3ncc[nH]3)Cc3nccn3CCCC(=O)O)cc1)C2. The molecule has 2 aliphatic rings. The molecular formula is C33H49N7O2. The molecule has 0 saturated carbocycles. The maximum absolute atomic E-state index is 11.0. The first-order valence-electron chi connectivity index (χ1n) is 15.6. The highest BCUT2D eigenvalue weighted by Crippen LogP contribution is 2.41. The lowest BCUT2D eigenvalue weighted by Crippen LogP contribution is -2.44. The number of nitrogens with zero attached hydrogens (tertiary/aromatic N) is 6. The lowest BCUT2D eigenvalue weighted by molar-refractivity contribution is -0.137. The molecule has 0 aliphatic carbocycles. The molecule has 1 spiro atoms. The number of carboxylic acids is 1. The van der Waals surface area contributed by atoms with Gasteiger partial charge in [0.25, 0.3) is 0 Å². The van der Waals surface area contributed by atoms with E-state index < -0.39 is 5.97 Å². The van der Waals surface area contributed by atoms with Crippen molar-refractivity contribution >= 4 is 5.97 Å². The largest absolute Gasteiger partial charge is 0.481 e. The van der Waals surface area contributed by atoms with Gasteiger partial charge >= 0.3 is 5.97 Å². The Morgan fingerprint density at radius 3 is 2.36 bits per heavy atom. The summed E-state index contributed by atoms with van der Waals surface area (Å²) >= 11 is 0. The molecule has 42 heavy (non-hydrogen) atoms. The molecule has 2 aliphatic heterocycles. The van der Waals surface area contributed by atoms with Crippen LogP contribution in [0.5, 0.6) is 0 Å². The van der Waals surface area contributed by atoms with Crippen molar-refractivity contribution in [1.29, 1.82) is 0 Å². The van der Waals surface area contributed by atoms with Gasteiger partial charge in [-0.15, -0.1) is 0 Å². The predicted molar refractivity (Wildman–Crippen MR) is 165 cm³/mol. The minimum absolute atomic E-state index is 0.161. The van der Waals surface area contributed by atoms with Crippen molar-refractivity contribution in [1.82, 2.24) is 34.2 Å². The van der Waals surface area contributed by atoms with Crippen LogP contribution in [-0.4, -0.2) is 78.0 Å². The number of rotatable bonds is 13. The molecule has 2 aromatic heterocycles. The summed E-state index contributed by atoms with van der Waals surface area (Å²) in [4.78, 5) is 30.9. The van der Waals surface area contributed by atoms with Crippen LogP contribution in [0.4, 0.5) is 0 Å². The van der Waals surface area contributed by atoms with Gasteiger partial charge in [-0.05, 0) is 67.3 Å². The summed E-state index contributed by atoms with van der Waals surface area (Å²) in [6.07, 6.45) is 12.1. The first-order valence-corrected chi connectivity index (χ1v) is 15.6. The number of aliphatic carboxylic acids is 1. The van der Waals surface area contributed by atoms with E-state index in [1.807, 2.05) is 12.4 Å². The van der Waals surface area contributed by atoms with E-state index in [-0.39, 0.29) is 6.42 Å². The Kier molecular flexibility index (Phi) is 9.81. The van der Waals surface area contributed by atoms with Gasteiger partial charge in [-0.1, -0.05) is 45.0 Å². The fourth-order valence-corrected chi connectivity index (χ4v) is 6.75. The number of nitrogens with one attached hydrogen (secondary N) is 1. The standard InChI is InChI=1S/C33H49N7O2/c1-32(2,3)25-37-17-10-33(11-18-37)12-19-38(26-33)21-27-6-8-28(9-7-27)22-39(23-29-34-13-14-35-29)24-30-36-15-20-40(30)16-4-5-31(41)42/h6-9,13-15,20H,4-5,10-12,16-19,21-26H2,1-3H3,(H,34,35)(H,41,42). The smallest absolute Gasteiger partial charge is 0.303 e. The Hall–Kier alpha value is -3.01. The number of benzene rings is 1. The van der Waals surface area contributed by atoms with Crippen molar-refractivity contribution in [2.75, 3.05) is 32.7 Å². The average Bonchev–Trinajstić information content (AvgIpc) is 3.69. The van der Waals surface area contributed by atoms with E-state index in [0.717, 1.165) is 24.7 Å². The van der Waals surface area contributed by atoms with Crippen LogP contribution in [0.3, 0.4) is 0 Å². The van der Waals surface area contributed by atoms with E-state index in [1.165, 1.54) is 63.1 Å².